The highest BCUT2D eigenvalue weighted by Gasteiger charge is 2.22. The highest BCUT2D eigenvalue weighted by atomic mass is 16.3. The highest BCUT2D eigenvalue weighted by Crippen LogP contribution is 2.22. The number of carbonyl (C=O) groups excluding carboxylic acids is 1. The number of phenols is 1. The van der Waals surface area contributed by atoms with E-state index in [1.54, 1.807) is 24.3 Å². The minimum Gasteiger partial charge on any atom is -0.508 e. The zero-order chi connectivity index (χ0) is 13.9. The summed E-state index contributed by atoms with van der Waals surface area (Å²) < 4.78 is 0. The molecule has 3 rings (SSSR count). The molecule has 6 heteroatoms. The van der Waals surface area contributed by atoms with Crippen molar-refractivity contribution in [3.63, 3.8) is 0 Å². The number of hydrazone groups is 1. The summed E-state index contributed by atoms with van der Waals surface area (Å²) in [6, 6.07) is 6.53. The second-order valence-electron chi connectivity index (χ2n) is 4.67. The van der Waals surface area contributed by atoms with Crippen molar-refractivity contribution in [1.29, 1.82) is 0 Å². The number of H-pyrrole nitrogens is 1. The van der Waals surface area contributed by atoms with Gasteiger partial charge in [-0.15, -0.1) is 0 Å². The number of amides is 1. The molecule has 1 amide bonds. The van der Waals surface area contributed by atoms with Gasteiger partial charge in [0.15, 0.2) is 5.69 Å². The Balaban J connectivity index is 1.66. The quantitative estimate of drug-likeness (QED) is 0.581. The van der Waals surface area contributed by atoms with Gasteiger partial charge in [-0.3, -0.25) is 9.89 Å². The van der Waals surface area contributed by atoms with Gasteiger partial charge < -0.3 is 5.11 Å². The highest BCUT2D eigenvalue weighted by molar-refractivity contribution is 5.94. The molecular weight excluding hydrogens is 256 g/mol. The predicted molar refractivity (Wildman–Crippen MR) is 73.8 cm³/mol. The summed E-state index contributed by atoms with van der Waals surface area (Å²) in [5, 5.41) is 20.0. The number of aryl methyl sites for hydroxylation is 1. The molecule has 0 saturated carbocycles. The van der Waals surface area contributed by atoms with E-state index in [1.807, 2.05) is 0 Å². The summed E-state index contributed by atoms with van der Waals surface area (Å²) in [6.07, 6.45) is 4.41. The third kappa shape index (κ3) is 2.40. The number of aromatic amines is 1. The molecule has 0 radical (unpaired) electrons. The van der Waals surface area contributed by atoms with E-state index in [1.165, 1.54) is 6.21 Å². The molecule has 0 fully saturated rings. The molecule has 2 aromatic rings. The molecule has 20 heavy (non-hydrogen) atoms. The van der Waals surface area contributed by atoms with Crippen molar-refractivity contribution < 1.29 is 9.90 Å². The Morgan fingerprint density at radius 3 is 2.95 bits per heavy atom. The number of nitrogens with one attached hydrogen (secondary N) is 2. The summed E-state index contributed by atoms with van der Waals surface area (Å²) in [4.78, 5) is 12.0. The first-order valence-corrected chi connectivity index (χ1v) is 6.42. The van der Waals surface area contributed by atoms with E-state index in [-0.39, 0.29) is 11.7 Å². The van der Waals surface area contributed by atoms with Crippen molar-refractivity contribution in [3.8, 4) is 5.75 Å². The van der Waals surface area contributed by atoms with E-state index in [0.717, 1.165) is 36.1 Å². The third-order valence-electron chi connectivity index (χ3n) is 3.29. The first-order valence-electron chi connectivity index (χ1n) is 6.42. The van der Waals surface area contributed by atoms with Gasteiger partial charge in [-0.25, -0.2) is 5.43 Å². The van der Waals surface area contributed by atoms with Crippen molar-refractivity contribution >= 4 is 12.1 Å². The Morgan fingerprint density at radius 2 is 2.15 bits per heavy atom. The third-order valence-corrected chi connectivity index (χ3v) is 3.29. The fourth-order valence-electron chi connectivity index (χ4n) is 2.29. The standard InChI is InChI=1S/C14H14N4O2/c19-10-6-4-9(5-7-10)8-15-18-14(20)13-11-2-1-3-12(11)16-17-13/h4-8,19H,1-3H2,(H,16,17)(H,18,20)/b15-8-. The lowest BCUT2D eigenvalue weighted by atomic mass is 10.2. The number of fused-ring (bicyclic) bond motifs is 1. The smallest absolute Gasteiger partial charge is 0.292 e. The average Bonchev–Trinajstić information content (AvgIpc) is 3.03. The van der Waals surface area contributed by atoms with Crippen LogP contribution < -0.4 is 5.43 Å². The molecule has 1 aliphatic rings. The van der Waals surface area contributed by atoms with E-state index in [4.69, 9.17) is 5.11 Å². The van der Waals surface area contributed by atoms with Crippen LogP contribution in [0.5, 0.6) is 5.75 Å². The maximum atomic E-state index is 12.0. The lowest BCUT2D eigenvalue weighted by Gasteiger charge is -1.98. The molecule has 0 atom stereocenters. The number of rotatable bonds is 3. The van der Waals surface area contributed by atoms with E-state index in [2.05, 4.69) is 20.7 Å². The number of hydrogen-bond donors (Lipinski definition) is 3. The summed E-state index contributed by atoms with van der Waals surface area (Å²) in [5.41, 5.74) is 5.74. The van der Waals surface area contributed by atoms with Crippen LogP contribution in [0.25, 0.3) is 0 Å². The Bertz CT molecular complexity index is 658. The van der Waals surface area contributed by atoms with E-state index < -0.39 is 0 Å². The van der Waals surface area contributed by atoms with Gasteiger partial charge in [0.25, 0.3) is 5.91 Å². The van der Waals surface area contributed by atoms with Gasteiger partial charge in [-0.1, -0.05) is 0 Å². The van der Waals surface area contributed by atoms with E-state index in [9.17, 15) is 4.79 Å². The number of phenolic OH excluding ortho intramolecular Hbond substituents is 1. The maximum absolute atomic E-state index is 12.0. The second-order valence-corrected chi connectivity index (χ2v) is 4.67. The van der Waals surface area contributed by atoms with Crippen LogP contribution in [0.1, 0.15) is 33.7 Å². The monoisotopic (exact) mass is 270 g/mol. The molecule has 102 valence electrons. The summed E-state index contributed by atoms with van der Waals surface area (Å²) in [6.45, 7) is 0. The lowest BCUT2D eigenvalue weighted by molar-refractivity contribution is 0.0949. The molecule has 6 nitrogen and oxygen atoms in total. The van der Waals surface area contributed by atoms with Crippen molar-refractivity contribution in [3.05, 3.63) is 46.8 Å². The Hall–Kier alpha value is -2.63. The topological polar surface area (TPSA) is 90.4 Å². The van der Waals surface area contributed by atoms with Gasteiger partial charge in [0.05, 0.1) is 6.21 Å². The Kier molecular flexibility index (Phi) is 3.20. The normalized spacial score (nSPS) is 13.6. The minimum absolute atomic E-state index is 0.193. The summed E-state index contributed by atoms with van der Waals surface area (Å²) >= 11 is 0. The SMILES string of the molecule is O=C(N/N=C\c1ccc(O)cc1)c1n[nH]c2c1CCC2. The first kappa shape index (κ1) is 12.4. The van der Waals surface area contributed by atoms with Crippen LogP contribution in [-0.2, 0) is 12.8 Å². The molecule has 0 spiro atoms. The van der Waals surface area contributed by atoms with Crippen LogP contribution in [0.15, 0.2) is 29.4 Å². The van der Waals surface area contributed by atoms with Crippen molar-refractivity contribution in [1.82, 2.24) is 15.6 Å². The van der Waals surface area contributed by atoms with Gasteiger partial charge in [-0.05, 0) is 49.1 Å². The molecule has 0 aliphatic heterocycles. The molecule has 1 heterocycles. The van der Waals surface area contributed by atoms with Crippen LogP contribution in [0.4, 0.5) is 0 Å². The lowest BCUT2D eigenvalue weighted by Crippen LogP contribution is -2.19. The number of aromatic hydroxyl groups is 1. The van der Waals surface area contributed by atoms with Crippen LogP contribution >= 0.6 is 0 Å². The fourth-order valence-corrected chi connectivity index (χ4v) is 2.29. The van der Waals surface area contributed by atoms with Crippen molar-refractivity contribution in [2.45, 2.75) is 19.3 Å². The van der Waals surface area contributed by atoms with Crippen molar-refractivity contribution in [2.75, 3.05) is 0 Å². The number of benzene rings is 1. The molecule has 1 aliphatic carbocycles. The molecule has 0 unspecified atom stereocenters. The Labute approximate surface area is 115 Å². The summed E-state index contributed by atoms with van der Waals surface area (Å²) in [7, 11) is 0. The van der Waals surface area contributed by atoms with E-state index >= 15 is 0 Å². The summed E-state index contributed by atoms with van der Waals surface area (Å²) in [5.74, 6) is -0.113. The first-order chi connectivity index (χ1) is 9.74. The van der Waals surface area contributed by atoms with Gasteiger partial charge in [-0.2, -0.15) is 10.2 Å². The van der Waals surface area contributed by atoms with E-state index in [0.29, 0.717) is 5.69 Å². The zero-order valence-corrected chi connectivity index (χ0v) is 10.8. The molecule has 1 aromatic heterocycles. The number of carbonyl (C=O) groups is 1. The predicted octanol–water partition coefficient (Wildman–Crippen LogP) is 1.37. The fraction of sp³-hybridized carbons (Fsp3) is 0.214. The second kappa shape index (κ2) is 5.16. The molecule has 1 aromatic carbocycles. The van der Waals surface area contributed by atoms with Crippen molar-refractivity contribution in [2.24, 2.45) is 5.10 Å². The maximum Gasteiger partial charge on any atom is 0.292 e. The Morgan fingerprint density at radius 1 is 1.35 bits per heavy atom. The van der Waals surface area contributed by atoms with Crippen LogP contribution in [-0.4, -0.2) is 27.4 Å². The largest absolute Gasteiger partial charge is 0.508 e. The van der Waals surface area contributed by atoms with Gasteiger partial charge in [0.1, 0.15) is 5.75 Å². The van der Waals surface area contributed by atoms with Gasteiger partial charge in [0, 0.05) is 11.3 Å². The molecule has 0 bridgehead atoms. The van der Waals surface area contributed by atoms with Crippen LogP contribution in [0.3, 0.4) is 0 Å². The number of hydrogen-bond acceptors (Lipinski definition) is 4. The van der Waals surface area contributed by atoms with Gasteiger partial charge >= 0.3 is 0 Å². The van der Waals surface area contributed by atoms with Crippen LogP contribution in [0, 0.1) is 0 Å². The molecule has 0 saturated heterocycles. The van der Waals surface area contributed by atoms with Crippen LogP contribution in [0.2, 0.25) is 0 Å². The van der Waals surface area contributed by atoms with Gasteiger partial charge in [0.2, 0.25) is 0 Å². The molecular formula is C14H14N4O2. The zero-order valence-electron chi connectivity index (χ0n) is 10.8. The number of aromatic nitrogens is 2. The minimum atomic E-state index is -0.306. The average molecular weight is 270 g/mol. The molecule has 3 N–H and O–H groups in total. The number of nitrogens with zero attached hydrogens (tertiary/aromatic N) is 2.